The molecule has 0 unspecified atom stereocenters. The van der Waals surface area contributed by atoms with Crippen molar-refractivity contribution in [2.45, 2.75) is 13.5 Å². The standard InChI is InChI=1S/C17H24N4O/c1-15-13-18-21(14-15)12-9-19-7-10-20(11-8-19)16-5-3-4-6-17(16)22-2/h3-6,13-14H,7-12H2,1-2H3. The van der Waals surface area contributed by atoms with Crippen LogP contribution in [-0.4, -0.2) is 54.5 Å². The first-order valence-corrected chi connectivity index (χ1v) is 7.85. The number of anilines is 1. The summed E-state index contributed by atoms with van der Waals surface area (Å²) in [6, 6.07) is 8.26. The highest BCUT2D eigenvalue weighted by Crippen LogP contribution is 2.28. The molecular weight excluding hydrogens is 276 g/mol. The summed E-state index contributed by atoms with van der Waals surface area (Å²) in [5, 5.41) is 4.35. The molecule has 2 heterocycles. The lowest BCUT2D eigenvalue weighted by Gasteiger charge is -2.36. The average Bonchev–Trinajstić information content (AvgIpc) is 2.99. The maximum atomic E-state index is 5.47. The fraction of sp³-hybridized carbons (Fsp3) is 0.471. The van der Waals surface area contributed by atoms with Gasteiger partial charge in [-0.2, -0.15) is 5.10 Å². The number of para-hydroxylation sites is 2. The van der Waals surface area contributed by atoms with Crippen molar-refractivity contribution in [1.82, 2.24) is 14.7 Å². The molecule has 2 aromatic rings. The second-order valence-corrected chi connectivity index (χ2v) is 5.78. The zero-order valence-electron chi connectivity index (χ0n) is 13.4. The number of ether oxygens (including phenoxy) is 1. The molecule has 0 spiro atoms. The molecule has 0 amide bonds. The Labute approximate surface area is 132 Å². The van der Waals surface area contributed by atoms with E-state index < -0.39 is 0 Å². The molecule has 0 bridgehead atoms. The van der Waals surface area contributed by atoms with Gasteiger partial charge in [-0.3, -0.25) is 9.58 Å². The van der Waals surface area contributed by atoms with Gasteiger partial charge in [0.2, 0.25) is 0 Å². The summed E-state index contributed by atoms with van der Waals surface area (Å²) in [4.78, 5) is 4.91. The van der Waals surface area contributed by atoms with E-state index in [0.717, 1.165) is 45.0 Å². The van der Waals surface area contributed by atoms with Crippen molar-refractivity contribution in [3.63, 3.8) is 0 Å². The average molecular weight is 300 g/mol. The summed E-state index contributed by atoms with van der Waals surface area (Å²) in [6.45, 7) is 8.34. The van der Waals surface area contributed by atoms with Crippen LogP contribution in [0, 0.1) is 6.92 Å². The lowest BCUT2D eigenvalue weighted by Crippen LogP contribution is -2.47. The highest BCUT2D eigenvalue weighted by molar-refractivity contribution is 5.58. The second-order valence-electron chi connectivity index (χ2n) is 5.78. The van der Waals surface area contributed by atoms with E-state index in [1.165, 1.54) is 11.3 Å². The van der Waals surface area contributed by atoms with E-state index in [9.17, 15) is 0 Å². The van der Waals surface area contributed by atoms with Crippen molar-refractivity contribution in [3.05, 3.63) is 42.2 Å². The largest absolute Gasteiger partial charge is 0.495 e. The lowest BCUT2D eigenvalue weighted by molar-refractivity contribution is 0.244. The Morgan fingerprint density at radius 2 is 1.86 bits per heavy atom. The van der Waals surface area contributed by atoms with E-state index in [4.69, 9.17) is 4.74 Å². The molecule has 0 aliphatic carbocycles. The molecule has 0 radical (unpaired) electrons. The van der Waals surface area contributed by atoms with Crippen LogP contribution >= 0.6 is 0 Å². The van der Waals surface area contributed by atoms with Gasteiger partial charge in [0.15, 0.2) is 0 Å². The minimum atomic E-state index is 0.961. The normalized spacial score (nSPS) is 16.0. The van der Waals surface area contributed by atoms with Gasteiger partial charge in [-0.15, -0.1) is 0 Å². The van der Waals surface area contributed by atoms with Crippen LogP contribution in [0.2, 0.25) is 0 Å². The summed E-state index contributed by atoms with van der Waals surface area (Å²) < 4.78 is 7.50. The Morgan fingerprint density at radius 1 is 1.09 bits per heavy atom. The van der Waals surface area contributed by atoms with Crippen molar-refractivity contribution >= 4 is 5.69 Å². The Balaban J connectivity index is 1.52. The number of rotatable bonds is 5. The zero-order chi connectivity index (χ0) is 15.4. The Bertz CT molecular complexity index is 602. The number of aromatic nitrogens is 2. The van der Waals surface area contributed by atoms with Crippen molar-refractivity contribution < 1.29 is 4.74 Å². The van der Waals surface area contributed by atoms with E-state index in [2.05, 4.69) is 40.2 Å². The van der Waals surface area contributed by atoms with E-state index in [1.807, 2.05) is 23.0 Å². The number of hydrogen-bond donors (Lipinski definition) is 0. The zero-order valence-corrected chi connectivity index (χ0v) is 13.4. The summed E-state index contributed by atoms with van der Waals surface area (Å²) in [5.74, 6) is 0.961. The van der Waals surface area contributed by atoms with Crippen molar-refractivity contribution in [2.75, 3.05) is 44.7 Å². The maximum absolute atomic E-state index is 5.47. The Kier molecular flexibility index (Phi) is 4.63. The lowest BCUT2D eigenvalue weighted by atomic mass is 10.2. The molecule has 0 N–H and O–H groups in total. The van der Waals surface area contributed by atoms with Gasteiger partial charge < -0.3 is 9.64 Å². The molecule has 1 aliphatic heterocycles. The highest BCUT2D eigenvalue weighted by Gasteiger charge is 2.19. The number of piperazine rings is 1. The Hall–Kier alpha value is -2.01. The summed E-state index contributed by atoms with van der Waals surface area (Å²) >= 11 is 0. The van der Waals surface area contributed by atoms with Gasteiger partial charge in [-0.25, -0.2) is 0 Å². The molecule has 5 heteroatoms. The molecule has 3 rings (SSSR count). The molecule has 0 atom stereocenters. The molecule has 5 nitrogen and oxygen atoms in total. The van der Waals surface area contributed by atoms with Crippen LogP contribution in [0.3, 0.4) is 0 Å². The second kappa shape index (κ2) is 6.83. The molecule has 0 saturated carbocycles. The summed E-state index contributed by atoms with van der Waals surface area (Å²) in [6.07, 6.45) is 4.02. The number of hydrogen-bond acceptors (Lipinski definition) is 4. The van der Waals surface area contributed by atoms with Gasteiger partial charge in [0.1, 0.15) is 5.75 Å². The van der Waals surface area contributed by atoms with Crippen LogP contribution in [0.15, 0.2) is 36.7 Å². The topological polar surface area (TPSA) is 33.5 Å². The van der Waals surface area contributed by atoms with Crippen LogP contribution in [-0.2, 0) is 6.54 Å². The maximum Gasteiger partial charge on any atom is 0.142 e. The van der Waals surface area contributed by atoms with Gasteiger partial charge in [-0.1, -0.05) is 12.1 Å². The minimum Gasteiger partial charge on any atom is -0.495 e. The van der Waals surface area contributed by atoms with Gasteiger partial charge in [0, 0.05) is 38.9 Å². The number of benzene rings is 1. The molecular formula is C17H24N4O. The molecule has 1 saturated heterocycles. The highest BCUT2D eigenvalue weighted by atomic mass is 16.5. The quantitative estimate of drug-likeness (QED) is 0.846. The minimum absolute atomic E-state index is 0.961. The van der Waals surface area contributed by atoms with Gasteiger partial charge in [0.05, 0.1) is 25.5 Å². The smallest absolute Gasteiger partial charge is 0.142 e. The van der Waals surface area contributed by atoms with Crippen molar-refractivity contribution in [2.24, 2.45) is 0 Å². The van der Waals surface area contributed by atoms with E-state index in [1.54, 1.807) is 7.11 Å². The first-order valence-electron chi connectivity index (χ1n) is 7.85. The molecule has 1 fully saturated rings. The first-order chi connectivity index (χ1) is 10.8. The van der Waals surface area contributed by atoms with Crippen LogP contribution in [0.4, 0.5) is 5.69 Å². The third-order valence-electron chi connectivity index (χ3n) is 4.21. The molecule has 118 valence electrons. The third kappa shape index (κ3) is 3.42. The predicted octanol–water partition coefficient (Wildman–Crippen LogP) is 2.02. The van der Waals surface area contributed by atoms with Crippen LogP contribution in [0.1, 0.15) is 5.56 Å². The summed E-state index contributed by atoms with van der Waals surface area (Å²) in [5.41, 5.74) is 2.42. The molecule has 1 aromatic heterocycles. The fourth-order valence-corrected chi connectivity index (χ4v) is 2.94. The monoisotopic (exact) mass is 300 g/mol. The van der Waals surface area contributed by atoms with E-state index in [0.29, 0.717) is 0 Å². The van der Waals surface area contributed by atoms with Crippen LogP contribution in [0.25, 0.3) is 0 Å². The van der Waals surface area contributed by atoms with Gasteiger partial charge >= 0.3 is 0 Å². The fourth-order valence-electron chi connectivity index (χ4n) is 2.94. The van der Waals surface area contributed by atoms with Gasteiger partial charge in [-0.05, 0) is 24.6 Å². The Morgan fingerprint density at radius 3 is 2.55 bits per heavy atom. The van der Waals surface area contributed by atoms with Crippen molar-refractivity contribution in [1.29, 1.82) is 0 Å². The van der Waals surface area contributed by atoms with Gasteiger partial charge in [0.25, 0.3) is 0 Å². The van der Waals surface area contributed by atoms with Crippen molar-refractivity contribution in [3.8, 4) is 5.75 Å². The van der Waals surface area contributed by atoms with Crippen LogP contribution in [0.5, 0.6) is 5.75 Å². The summed E-state index contributed by atoms with van der Waals surface area (Å²) in [7, 11) is 1.74. The number of methoxy groups -OCH3 is 1. The molecule has 1 aliphatic rings. The predicted molar refractivity (Wildman–Crippen MR) is 88.6 cm³/mol. The van der Waals surface area contributed by atoms with Crippen LogP contribution < -0.4 is 9.64 Å². The molecule has 22 heavy (non-hydrogen) atoms. The number of nitrogens with zero attached hydrogens (tertiary/aromatic N) is 4. The number of aryl methyl sites for hydroxylation is 1. The first kappa shape index (κ1) is 14.9. The third-order valence-corrected chi connectivity index (χ3v) is 4.21. The van der Waals surface area contributed by atoms with E-state index in [-0.39, 0.29) is 0 Å². The SMILES string of the molecule is COc1ccccc1N1CCN(CCn2cc(C)cn2)CC1. The van der Waals surface area contributed by atoms with E-state index >= 15 is 0 Å². The molecule has 1 aromatic carbocycles.